The van der Waals surface area contributed by atoms with Gasteiger partial charge in [-0.25, -0.2) is 4.98 Å². The molecule has 0 bridgehead atoms. The van der Waals surface area contributed by atoms with Crippen LogP contribution < -0.4 is 5.32 Å². The summed E-state index contributed by atoms with van der Waals surface area (Å²) in [6, 6.07) is 7.58. The van der Waals surface area contributed by atoms with Crippen LogP contribution in [0.25, 0.3) is 10.4 Å². The number of aryl methyl sites for hydroxylation is 2. The Morgan fingerprint density at radius 1 is 1.22 bits per heavy atom. The molecule has 36 heavy (non-hydrogen) atoms. The molecule has 1 saturated heterocycles. The number of carbonyl (C=O) groups is 2. The maximum Gasteiger partial charge on any atom is 0.241 e. The zero-order valence-electron chi connectivity index (χ0n) is 22.2. The highest BCUT2D eigenvalue weighted by Crippen LogP contribution is 2.28. The largest absolute Gasteiger partial charge is 0.391 e. The lowest BCUT2D eigenvalue weighted by atomic mass is 10.00. The van der Waals surface area contributed by atoms with Gasteiger partial charge in [-0.3, -0.25) is 9.59 Å². The Hall–Kier alpha value is -1.74. The normalized spacial score (nSPS) is 19.6. The van der Waals surface area contributed by atoms with E-state index in [0.717, 1.165) is 29.7 Å². The highest BCUT2D eigenvalue weighted by molar-refractivity contribution is 7.98. The molecule has 1 aliphatic rings. The van der Waals surface area contributed by atoms with E-state index in [9.17, 15) is 14.7 Å². The standard InChI is InChI=1S/C28H41N3O3S2/c1-18(2)6-7-19(3)30-24(16-35-5)28(34)31-15-23(32)14-25(31)26(33)13-10-21-8-11-22(12-9-21)27-20(4)29-17-36-27/h8-9,11-12,17-19,23-25,30,32H,6-7,10,13-16H2,1-5H3/t19?,23-,24+,25+/m1/s1. The van der Waals surface area contributed by atoms with Gasteiger partial charge in [0.1, 0.15) is 0 Å². The van der Waals surface area contributed by atoms with E-state index in [4.69, 9.17) is 0 Å². The molecule has 198 valence electrons. The van der Waals surface area contributed by atoms with Crippen molar-refractivity contribution in [2.75, 3.05) is 18.6 Å². The van der Waals surface area contributed by atoms with Crippen molar-refractivity contribution >= 4 is 34.8 Å². The van der Waals surface area contributed by atoms with E-state index < -0.39 is 12.1 Å². The summed E-state index contributed by atoms with van der Waals surface area (Å²) in [7, 11) is 0. The highest BCUT2D eigenvalue weighted by atomic mass is 32.2. The van der Waals surface area contributed by atoms with Crippen LogP contribution in [0.3, 0.4) is 0 Å². The molecule has 1 fully saturated rings. The van der Waals surface area contributed by atoms with Crippen molar-refractivity contribution < 1.29 is 14.7 Å². The van der Waals surface area contributed by atoms with E-state index >= 15 is 0 Å². The molecule has 1 amide bonds. The van der Waals surface area contributed by atoms with Crippen molar-refractivity contribution in [3.8, 4) is 10.4 Å². The van der Waals surface area contributed by atoms with Gasteiger partial charge in [-0.05, 0) is 56.4 Å². The first-order valence-corrected chi connectivity index (χ1v) is 15.2. The fraction of sp³-hybridized carbons (Fsp3) is 0.607. The van der Waals surface area contributed by atoms with Gasteiger partial charge >= 0.3 is 0 Å². The Morgan fingerprint density at radius 2 is 1.94 bits per heavy atom. The second-order valence-electron chi connectivity index (χ2n) is 10.4. The van der Waals surface area contributed by atoms with Crippen LogP contribution in [0.5, 0.6) is 0 Å². The number of thiazole rings is 1. The molecule has 4 atom stereocenters. The number of likely N-dealkylation sites (tertiary alicyclic amines) is 1. The summed E-state index contributed by atoms with van der Waals surface area (Å²) in [5, 5.41) is 13.9. The Balaban J connectivity index is 1.60. The lowest BCUT2D eigenvalue weighted by Gasteiger charge is -2.30. The van der Waals surface area contributed by atoms with E-state index in [1.165, 1.54) is 4.88 Å². The van der Waals surface area contributed by atoms with Crippen molar-refractivity contribution in [2.45, 2.75) is 84.0 Å². The fourth-order valence-electron chi connectivity index (χ4n) is 4.77. The van der Waals surface area contributed by atoms with Gasteiger partial charge in [0.15, 0.2) is 5.78 Å². The van der Waals surface area contributed by atoms with Gasteiger partial charge < -0.3 is 15.3 Å². The van der Waals surface area contributed by atoms with Crippen molar-refractivity contribution in [1.29, 1.82) is 0 Å². The molecule has 8 heteroatoms. The molecule has 3 rings (SSSR count). The maximum absolute atomic E-state index is 13.5. The van der Waals surface area contributed by atoms with Crippen LogP contribution in [0.15, 0.2) is 29.8 Å². The summed E-state index contributed by atoms with van der Waals surface area (Å²) < 4.78 is 0. The van der Waals surface area contributed by atoms with Gasteiger partial charge in [0, 0.05) is 31.2 Å². The number of β-amino-alcohol motifs (C(OH)–C–C–N with tert-alkyl or cyclic N) is 1. The summed E-state index contributed by atoms with van der Waals surface area (Å²) in [6.07, 6.45) is 4.73. The van der Waals surface area contributed by atoms with Crippen LogP contribution in [-0.2, 0) is 16.0 Å². The first kappa shape index (κ1) is 28.8. The second kappa shape index (κ2) is 13.7. The molecular weight excluding hydrogens is 490 g/mol. The third kappa shape index (κ3) is 7.88. The predicted molar refractivity (Wildman–Crippen MR) is 151 cm³/mol. The summed E-state index contributed by atoms with van der Waals surface area (Å²) >= 11 is 3.25. The number of thioether (sulfide) groups is 1. The number of amides is 1. The lowest BCUT2D eigenvalue weighted by Crippen LogP contribution is -2.53. The summed E-state index contributed by atoms with van der Waals surface area (Å²) in [6.45, 7) is 8.76. The Kier molecular flexibility index (Phi) is 11.0. The minimum atomic E-state index is -0.655. The SMILES string of the molecule is CSC[C@H](NC(C)CCC(C)C)C(=O)N1C[C@H](O)C[C@H]1C(=O)CCc1ccc(-c2scnc2C)cc1. The third-order valence-corrected chi connectivity index (χ3v) is 8.49. The number of ketones is 1. The number of nitrogens with zero attached hydrogens (tertiary/aromatic N) is 2. The summed E-state index contributed by atoms with van der Waals surface area (Å²) in [5.41, 5.74) is 5.10. The minimum absolute atomic E-state index is 0.0260. The smallest absolute Gasteiger partial charge is 0.241 e. The van der Waals surface area contributed by atoms with E-state index in [0.29, 0.717) is 30.9 Å². The molecule has 1 aromatic heterocycles. The van der Waals surface area contributed by atoms with E-state index in [2.05, 4.69) is 55.3 Å². The minimum Gasteiger partial charge on any atom is -0.391 e. The van der Waals surface area contributed by atoms with E-state index in [1.807, 2.05) is 18.7 Å². The van der Waals surface area contributed by atoms with Crippen molar-refractivity contribution in [3.05, 3.63) is 41.0 Å². The quantitative estimate of drug-likeness (QED) is 0.389. The fourth-order valence-corrected chi connectivity index (χ4v) is 6.15. The molecule has 2 aromatic rings. The summed E-state index contributed by atoms with van der Waals surface area (Å²) in [5.74, 6) is 1.22. The first-order chi connectivity index (χ1) is 17.2. The first-order valence-electron chi connectivity index (χ1n) is 12.9. The zero-order chi connectivity index (χ0) is 26.2. The average molecular weight is 532 g/mol. The van der Waals surface area contributed by atoms with Gasteiger partial charge in [-0.2, -0.15) is 11.8 Å². The van der Waals surface area contributed by atoms with Gasteiger partial charge in [0.25, 0.3) is 0 Å². The van der Waals surface area contributed by atoms with Crippen molar-refractivity contribution in [3.63, 3.8) is 0 Å². The van der Waals surface area contributed by atoms with Crippen LogP contribution in [0.2, 0.25) is 0 Å². The number of Topliss-reactive ketones (excluding diaryl/α,β-unsaturated/α-hetero) is 1. The molecule has 2 heterocycles. The Morgan fingerprint density at radius 3 is 2.56 bits per heavy atom. The van der Waals surface area contributed by atoms with Crippen LogP contribution in [0, 0.1) is 12.8 Å². The number of aromatic nitrogens is 1. The monoisotopic (exact) mass is 531 g/mol. The number of rotatable bonds is 13. The number of hydrogen-bond donors (Lipinski definition) is 2. The molecule has 2 N–H and O–H groups in total. The van der Waals surface area contributed by atoms with Gasteiger partial charge in [0.2, 0.25) is 5.91 Å². The topological polar surface area (TPSA) is 82.5 Å². The van der Waals surface area contributed by atoms with Gasteiger partial charge in [0.05, 0.1) is 34.3 Å². The number of carbonyl (C=O) groups excluding carboxylic acids is 2. The molecule has 1 aromatic carbocycles. The average Bonchev–Trinajstić information content (AvgIpc) is 3.46. The van der Waals surface area contributed by atoms with Crippen LogP contribution in [-0.4, -0.2) is 69.5 Å². The maximum atomic E-state index is 13.5. The number of aliphatic hydroxyl groups is 1. The van der Waals surface area contributed by atoms with Crippen LogP contribution in [0.1, 0.15) is 57.7 Å². The van der Waals surface area contributed by atoms with E-state index in [1.54, 1.807) is 28.0 Å². The Bertz CT molecular complexity index is 992. The molecule has 6 nitrogen and oxygen atoms in total. The highest BCUT2D eigenvalue weighted by Gasteiger charge is 2.40. The van der Waals surface area contributed by atoms with E-state index in [-0.39, 0.29) is 30.3 Å². The predicted octanol–water partition coefficient (Wildman–Crippen LogP) is 4.73. The van der Waals surface area contributed by atoms with Crippen LogP contribution >= 0.6 is 23.1 Å². The second-order valence-corrected chi connectivity index (χ2v) is 12.1. The number of aliphatic hydroxyl groups excluding tert-OH is 1. The Labute approximate surface area is 224 Å². The lowest BCUT2D eigenvalue weighted by molar-refractivity contribution is -0.139. The number of benzene rings is 1. The molecule has 0 saturated carbocycles. The van der Waals surface area contributed by atoms with Crippen molar-refractivity contribution in [2.24, 2.45) is 5.92 Å². The molecular formula is C28H41N3O3S2. The third-order valence-electron chi connectivity index (χ3n) is 6.85. The molecule has 0 aliphatic carbocycles. The van der Waals surface area contributed by atoms with Gasteiger partial charge in [-0.1, -0.05) is 38.1 Å². The van der Waals surface area contributed by atoms with Gasteiger partial charge in [-0.15, -0.1) is 11.3 Å². The summed E-state index contributed by atoms with van der Waals surface area (Å²) in [4.78, 5) is 33.8. The number of hydrogen-bond acceptors (Lipinski definition) is 7. The molecule has 0 spiro atoms. The molecule has 0 radical (unpaired) electrons. The van der Waals surface area contributed by atoms with Crippen molar-refractivity contribution in [1.82, 2.24) is 15.2 Å². The number of nitrogens with one attached hydrogen (secondary N) is 1. The van der Waals surface area contributed by atoms with Crippen LogP contribution in [0.4, 0.5) is 0 Å². The zero-order valence-corrected chi connectivity index (χ0v) is 23.8. The molecule has 1 aliphatic heterocycles. The molecule has 1 unspecified atom stereocenters.